The number of carbonyl (C=O) groups is 1. The van der Waals surface area contributed by atoms with Gasteiger partial charge in [-0.15, -0.1) is 0 Å². The van der Waals surface area contributed by atoms with Gasteiger partial charge in [0.2, 0.25) is 5.91 Å². The van der Waals surface area contributed by atoms with Crippen LogP contribution >= 0.6 is 0 Å². The fraction of sp³-hybridized carbons (Fsp3) is 0.391. The fourth-order valence-corrected chi connectivity index (χ4v) is 4.34. The summed E-state index contributed by atoms with van der Waals surface area (Å²) < 4.78 is 14.3. The van der Waals surface area contributed by atoms with Crippen LogP contribution in [0.4, 0.5) is 15.8 Å². The Hall–Kier alpha value is -3.07. The summed E-state index contributed by atoms with van der Waals surface area (Å²) in [5, 5.41) is 12.0. The minimum atomic E-state index is -0.405. The molecule has 1 fully saturated rings. The van der Waals surface area contributed by atoms with Gasteiger partial charge in [-0.05, 0) is 49.1 Å². The number of anilines is 2. The van der Waals surface area contributed by atoms with Gasteiger partial charge in [0, 0.05) is 38.4 Å². The Balaban J connectivity index is 1.31. The maximum Gasteiger partial charge on any atom is 0.224 e. The normalized spacial score (nSPS) is 18.3. The van der Waals surface area contributed by atoms with E-state index in [9.17, 15) is 9.18 Å². The van der Waals surface area contributed by atoms with Crippen molar-refractivity contribution in [3.8, 4) is 6.07 Å². The van der Waals surface area contributed by atoms with E-state index in [-0.39, 0.29) is 11.8 Å². The number of hydrogen-bond acceptors (Lipinski definition) is 4. The lowest BCUT2D eigenvalue weighted by molar-refractivity contribution is -0.125. The predicted molar refractivity (Wildman–Crippen MR) is 111 cm³/mol. The molecule has 150 valence electrons. The van der Waals surface area contributed by atoms with E-state index in [0.717, 1.165) is 38.9 Å². The topological polar surface area (TPSA) is 59.4 Å². The molecule has 0 aromatic heterocycles. The third-order valence-corrected chi connectivity index (χ3v) is 5.87. The third kappa shape index (κ3) is 4.19. The van der Waals surface area contributed by atoms with Gasteiger partial charge in [0.05, 0.1) is 23.2 Å². The number of halogens is 1. The molecule has 5 nitrogen and oxygen atoms in total. The van der Waals surface area contributed by atoms with Gasteiger partial charge in [0.25, 0.3) is 0 Å². The first-order valence-electron chi connectivity index (χ1n) is 10.2. The van der Waals surface area contributed by atoms with Crippen molar-refractivity contribution in [3.63, 3.8) is 0 Å². The minimum absolute atomic E-state index is 0.0382. The SMILES string of the molecule is N#Cc1ccc(N2CCCC(C(=O)NCCN3CCc4ccccc43)C2)c(F)c1. The lowest BCUT2D eigenvalue weighted by Gasteiger charge is -2.34. The number of piperidine rings is 1. The monoisotopic (exact) mass is 392 g/mol. The molecule has 0 aliphatic carbocycles. The number of nitriles is 1. The van der Waals surface area contributed by atoms with Crippen molar-refractivity contribution >= 4 is 17.3 Å². The second-order valence-electron chi connectivity index (χ2n) is 7.72. The first-order valence-corrected chi connectivity index (χ1v) is 10.2. The summed E-state index contributed by atoms with van der Waals surface area (Å²) in [6.45, 7) is 3.61. The smallest absolute Gasteiger partial charge is 0.224 e. The molecule has 2 heterocycles. The molecule has 4 rings (SSSR count). The van der Waals surface area contributed by atoms with E-state index in [4.69, 9.17) is 5.26 Å². The summed E-state index contributed by atoms with van der Waals surface area (Å²) in [5.74, 6) is -0.515. The highest BCUT2D eigenvalue weighted by Crippen LogP contribution is 2.28. The summed E-state index contributed by atoms with van der Waals surface area (Å²) >= 11 is 0. The summed E-state index contributed by atoms with van der Waals surface area (Å²) in [7, 11) is 0. The summed E-state index contributed by atoms with van der Waals surface area (Å²) in [6.07, 6.45) is 2.71. The number of nitrogens with zero attached hydrogens (tertiary/aromatic N) is 3. The van der Waals surface area contributed by atoms with Crippen molar-refractivity contribution in [1.82, 2.24) is 5.32 Å². The van der Waals surface area contributed by atoms with Crippen LogP contribution in [0.5, 0.6) is 0 Å². The molecular formula is C23H25FN4O. The Morgan fingerprint density at radius 2 is 2.07 bits per heavy atom. The third-order valence-electron chi connectivity index (χ3n) is 5.87. The number of fused-ring (bicyclic) bond motifs is 1. The van der Waals surface area contributed by atoms with Gasteiger partial charge >= 0.3 is 0 Å². The fourth-order valence-electron chi connectivity index (χ4n) is 4.34. The molecule has 1 amide bonds. The number of rotatable bonds is 5. The number of nitrogens with one attached hydrogen (secondary N) is 1. The van der Waals surface area contributed by atoms with Crippen molar-refractivity contribution in [3.05, 3.63) is 59.4 Å². The zero-order valence-electron chi connectivity index (χ0n) is 16.4. The van der Waals surface area contributed by atoms with Crippen molar-refractivity contribution in [2.45, 2.75) is 19.3 Å². The van der Waals surface area contributed by atoms with E-state index in [0.29, 0.717) is 24.3 Å². The molecule has 2 aliphatic rings. The van der Waals surface area contributed by atoms with Crippen LogP contribution in [0.25, 0.3) is 0 Å². The van der Waals surface area contributed by atoms with Gasteiger partial charge < -0.3 is 15.1 Å². The van der Waals surface area contributed by atoms with Crippen LogP contribution in [-0.2, 0) is 11.2 Å². The van der Waals surface area contributed by atoms with Gasteiger partial charge in [0.1, 0.15) is 5.82 Å². The highest BCUT2D eigenvalue weighted by molar-refractivity contribution is 5.79. The Labute approximate surface area is 170 Å². The lowest BCUT2D eigenvalue weighted by Crippen LogP contribution is -2.45. The van der Waals surface area contributed by atoms with Crippen molar-refractivity contribution in [1.29, 1.82) is 5.26 Å². The molecule has 2 aromatic rings. The van der Waals surface area contributed by atoms with E-state index in [1.54, 1.807) is 12.1 Å². The molecule has 1 atom stereocenters. The minimum Gasteiger partial charge on any atom is -0.369 e. The van der Waals surface area contributed by atoms with Gasteiger partial charge in [-0.2, -0.15) is 5.26 Å². The molecule has 0 bridgehead atoms. The van der Waals surface area contributed by atoms with E-state index >= 15 is 0 Å². The van der Waals surface area contributed by atoms with Crippen LogP contribution in [0.2, 0.25) is 0 Å². The summed E-state index contributed by atoms with van der Waals surface area (Å²) in [5.41, 5.74) is 3.41. The van der Waals surface area contributed by atoms with Crippen molar-refractivity contribution < 1.29 is 9.18 Å². The Morgan fingerprint density at radius 1 is 1.21 bits per heavy atom. The van der Waals surface area contributed by atoms with E-state index in [1.165, 1.54) is 17.3 Å². The highest BCUT2D eigenvalue weighted by atomic mass is 19.1. The molecule has 1 N–H and O–H groups in total. The summed E-state index contributed by atoms with van der Waals surface area (Å²) in [6, 6.07) is 14.9. The molecule has 0 spiro atoms. The van der Waals surface area contributed by atoms with Gasteiger partial charge in [-0.3, -0.25) is 4.79 Å². The zero-order chi connectivity index (χ0) is 20.2. The number of carbonyl (C=O) groups excluding carboxylic acids is 1. The number of benzene rings is 2. The number of para-hydroxylation sites is 1. The van der Waals surface area contributed by atoms with E-state index < -0.39 is 5.82 Å². The second kappa shape index (κ2) is 8.52. The standard InChI is InChI=1S/C23H25FN4O/c24-20-14-17(15-25)7-8-22(20)28-11-3-5-19(16-28)23(29)26-10-13-27-12-9-18-4-1-2-6-21(18)27/h1-2,4,6-8,14,19H,3,5,9-13,16H2,(H,26,29). The van der Waals surface area contributed by atoms with Gasteiger partial charge in [-0.25, -0.2) is 4.39 Å². The van der Waals surface area contributed by atoms with Crippen LogP contribution in [-0.4, -0.2) is 38.6 Å². The van der Waals surface area contributed by atoms with Crippen LogP contribution < -0.4 is 15.1 Å². The highest BCUT2D eigenvalue weighted by Gasteiger charge is 2.27. The zero-order valence-corrected chi connectivity index (χ0v) is 16.4. The average molecular weight is 392 g/mol. The molecule has 1 unspecified atom stereocenters. The Morgan fingerprint density at radius 3 is 2.90 bits per heavy atom. The van der Waals surface area contributed by atoms with Crippen molar-refractivity contribution in [2.75, 3.05) is 42.5 Å². The molecule has 0 radical (unpaired) electrons. The van der Waals surface area contributed by atoms with E-state index in [2.05, 4.69) is 34.5 Å². The van der Waals surface area contributed by atoms with Gasteiger partial charge in [0.15, 0.2) is 0 Å². The van der Waals surface area contributed by atoms with Crippen LogP contribution in [0.1, 0.15) is 24.0 Å². The molecular weight excluding hydrogens is 367 g/mol. The van der Waals surface area contributed by atoms with E-state index in [1.807, 2.05) is 11.0 Å². The van der Waals surface area contributed by atoms with Crippen LogP contribution in [0.3, 0.4) is 0 Å². The molecule has 6 heteroatoms. The van der Waals surface area contributed by atoms with Crippen LogP contribution in [0.15, 0.2) is 42.5 Å². The number of hydrogen-bond donors (Lipinski definition) is 1. The molecule has 1 saturated heterocycles. The molecule has 2 aliphatic heterocycles. The maximum atomic E-state index is 14.3. The summed E-state index contributed by atoms with van der Waals surface area (Å²) in [4.78, 5) is 16.9. The largest absolute Gasteiger partial charge is 0.369 e. The Kier molecular flexibility index (Phi) is 5.66. The van der Waals surface area contributed by atoms with Crippen molar-refractivity contribution in [2.24, 2.45) is 5.92 Å². The quantitative estimate of drug-likeness (QED) is 0.850. The number of amides is 1. The Bertz CT molecular complexity index is 939. The first kappa shape index (κ1) is 19.3. The average Bonchev–Trinajstić information content (AvgIpc) is 3.17. The molecule has 0 saturated carbocycles. The van der Waals surface area contributed by atoms with Crippen LogP contribution in [0, 0.1) is 23.1 Å². The molecule has 29 heavy (non-hydrogen) atoms. The predicted octanol–water partition coefficient (Wildman–Crippen LogP) is 3.09. The maximum absolute atomic E-state index is 14.3. The van der Waals surface area contributed by atoms with Gasteiger partial charge in [-0.1, -0.05) is 18.2 Å². The lowest BCUT2D eigenvalue weighted by atomic mass is 9.96. The first-order chi connectivity index (χ1) is 14.2. The second-order valence-corrected chi connectivity index (χ2v) is 7.72. The molecule has 2 aromatic carbocycles.